The highest BCUT2D eigenvalue weighted by atomic mass is 16.5. The van der Waals surface area contributed by atoms with Crippen molar-refractivity contribution in [1.29, 1.82) is 0 Å². The minimum Gasteiger partial charge on any atom is -0.396 e. The van der Waals surface area contributed by atoms with Crippen LogP contribution >= 0.6 is 0 Å². The molecule has 5 nitrogen and oxygen atoms in total. The van der Waals surface area contributed by atoms with E-state index < -0.39 is 0 Å². The summed E-state index contributed by atoms with van der Waals surface area (Å²) in [5.74, 6) is 0. The van der Waals surface area contributed by atoms with Gasteiger partial charge in [-0.05, 0) is 39.7 Å². The fourth-order valence-electron chi connectivity index (χ4n) is 2.77. The summed E-state index contributed by atoms with van der Waals surface area (Å²) < 4.78 is 7.44. The molecule has 20 heavy (non-hydrogen) atoms. The van der Waals surface area contributed by atoms with Crippen molar-refractivity contribution in [3.63, 3.8) is 0 Å². The van der Waals surface area contributed by atoms with Crippen molar-refractivity contribution in [2.45, 2.75) is 46.2 Å². The Bertz CT molecular complexity index is 425. The number of aliphatic hydroxyl groups excluding tert-OH is 1. The molecule has 1 aromatic rings. The monoisotopic (exact) mass is 281 g/mol. The van der Waals surface area contributed by atoms with Gasteiger partial charge in [-0.2, -0.15) is 5.10 Å². The van der Waals surface area contributed by atoms with Crippen LogP contribution in [0, 0.1) is 19.3 Å². The van der Waals surface area contributed by atoms with Gasteiger partial charge in [-0.15, -0.1) is 0 Å². The molecule has 2 rings (SSSR count). The number of nitrogens with one attached hydrogen (secondary N) is 1. The van der Waals surface area contributed by atoms with Crippen molar-refractivity contribution in [2.24, 2.45) is 5.41 Å². The van der Waals surface area contributed by atoms with Gasteiger partial charge in [-0.25, -0.2) is 0 Å². The van der Waals surface area contributed by atoms with Crippen molar-refractivity contribution in [2.75, 3.05) is 26.4 Å². The molecule has 0 aliphatic carbocycles. The molecule has 1 aliphatic rings. The molecule has 1 aromatic heterocycles. The Balaban J connectivity index is 1.85. The van der Waals surface area contributed by atoms with Crippen LogP contribution in [-0.2, 0) is 11.3 Å². The molecule has 0 saturated carbocycles. The van der Waals surface area contributed by atoms with Gasteiger partial charge < -0.3 is 15.2 Å². The molecule has 5 heteroatoms. The van der Waals surface area contributed by atoms with Gasteiger partial charge >= 0.3 is 0 Å². The SMILES string of the molecule is Cc1cc(C)n(C[C@@H](C)NCC2(CO)CCOCC2)n1. The standard InChI is InChI=1S/C15H27N3O2/c1-12-8-14(3)18(17-12)9-13(2)16-10-15(11-19)4-6-20-7-5-15/h8,13,16,19H,4-7,9-11H2,1-3H3/t13-/m1/s1. The fraction of sp³-hybridized carbons (Fsp3) is 0.800. The Labute approximate surface area is 121 Å². The van der Waals surface area contributed by atoms with E-state index in [1.165, 1.54) is 5.69 Å². The molecule has 0 bridgehead atoms. The smallest absolute Gasteiger partial charge is 0.0596 e. The van der Waals surface area contributed by atoms with E-state index in [0.29, 0.717) is 6.04 Å². The maximum Gasteiger partial charge on any atom is 0.0596 e. The van der Waals surface area contributed by atoms with Crippen LogP contribution in [-0.4, -0.2) is 47.3 Å². The van der Waals surface area contributed by atoms with Gasteiger partial charge in [0.25, 0.3) is 0 Å². The first-order chi connectivity index (χ1) is 9.54. The number of nitrogens with zero attached hydrogens (tertiary/aromatic N) is 2. The zero-order valence-electron chi connectivity index (χ0n) is 12.9. The molecule has 0 spiro atoms. The molecule has 2 heterocycles. The second-order valence-corrected chi connectivity index (χ2v) is 6.16. The molecule has 1 saturated heterocycles. The van der Waals surface area contributed by atoms with Gasteiger partial charge in [-0.3, -0.25) is 4.68 Å². The molecule has 1 aliphatic heterocycles. The summed E-state index contributed by atoms with van der Waals surface area (Å²) in [5, 5.41) is 17.7. The van der Waals surface area contributed by atoms with Gasteiger partial charge in [0.15, 0.2) is 0 Å². The zero-order valence-corrected chi connectivity index (χ0v) is 12.9. The lowest BCUT2D eigenvalue weighted by Crippen LogP contribution is -2.45. The molecular weight excluding hydrogens is 254 g/mol. The molecule has 1 fully saturated rings. The first kappa shape index (κ1) is 15.5. The molecule has 2 N–H and O–H groups in total. The predicted molar refractivity (Wildman–Crippen MR) is 78.7 cm³/mol. The Morgan fingerprint density at radius 1 is 1.45 bits per heavy atom. The van der Waals surface area contributed by atoms with Crippen molar-refractivity contribution >= 4 is 0 Å². The summed E-state index contributed by atoms with van der Waals surface area (Å²) in [4.78, 5) is 0. The number of aryl methyl sites for hydroxylation is 2. The second kappa shape index (κ2) is 6.70. The van der Waals surface area contributed by atoms with Gasteiger partial charge in [0.05, 0.1) is 18.8 Å². The number of hydrogen-bond acceptors (Lipinski definition) is 4. The van der Waals surface area contributed by atoms with Crippen LogP contribution in [0.2, 0.25) is 0 Å². The summed E-state index contributed by atoms with van der Waals surface area (Å²) in [6.07, 6.45) is 1.87. The predicted octanol–water partition coefficient (Wildman–Crippen LogP) is 1.27. The molecule has 0 radical (unpaired) electrons. The van der Waals surface area contributed by atoms with Crippen LogP contribution in [0.1, 0.15) is 31.2 Å². The Morgan fingerprint density at radius 3 is 2.70 bits per heavy atom. The molecule has 0 aromatic carbocycles. The molecule has 1 atom stereocenters. The first-order valence-corrected chi connectivity index (χ1v) is 7.48. The third-order valence-corrected chi connectivity index (χ3v) is 4.26. The van der Waals surface area contributed by atoms with E-state index in [2.05, 4.69) is 30.3 Å². The lowest BCUT2D eigenvalue weighted by atomic mass is 9.81. The maximum atomic E-state index is 9.68. The van der Waals surface area contributed by atoms with Gasteiger partial charge in [0.2, 0.25) is 0 Å². The van der Waals surface area contributed by atoms with Crippen LogP contribution in [0.5, 0.6) is 0 Å². The number of rotatable bonds is 6. The number of ether oxygens (including phenoxy) is 1. The van der Waals surface area contributed by atoms with Gasteiger partial charge in [-0.1, -0.05) is 0 Å². The van der Waals surface area contributed by atoms with Gasteiger partial charge in [0.1, 0.15) is 0 Å². The highest BCUT2D eigenvalue weighted by molar-refractivity contribution is 5.06. The van der Waals surface area contributed by atoms with Gasteiger partial charge in [0, 0.05) is 36.9 Å². The van der Waals surface area contributed by atoms with E-state index in [0.717, 1.165) is 44.8 Å². The quantitative estimate of drug-likeness (QED) is 0.824. The average molecular weight is 281 g/mol. The largest absolute Gasteiger partial charge is 0.396 e. The van der Waals surface area contributed by atoms with Crippen LogP contribution in [0.3, 0.4) is 0 Å². The second-order valence-electron chi connectivity index (χ2n) is 6.16. The molecule has 0 unspecified atom stereocenters. The Hall–Kier alpha value is -0.910. The lowest BCUT2D eigenvalue weighted by molar-refractivity contribution is -0.0165. The summed E-state index contributed by atoms with van der Waals surface area (Å²) in [5.41, 5.74) is 2.24. The summed E-state index contributed by atoms with van der Waals surface area (Å²) >= 11 is 0. The van der Waals surface area contributed by atoms with E-state index >= 15 is 0 Å². The van der Waals surface area contributed by atoms with Crippen LogP contribution in [0.15, 0.2) is 6.07 Å². The van der Waals surface area contributed by atoms with E-state index in [1.54, 1.807) is 0 Å². The fourth-order valence-corrected chi connectivity index (χ4v) is 2.77. The van der Waals surface area contributed by atoms with Crippen molar-refractivity contribution in [3.05, 3.63) is 17.5 Å². The summed E-state index contributed by atoms with van der Waals surface area (Å²) in [6, 6.07) is 2.43. The van der Waals surface area contributed by atoms with Crippen molar-refractivity contribution in [3.8, 4) is 0 Å². The van der Waals surface area contributed by atoms with Crippen LogP contribution in [0.25, 0.3) is 0 Å². The van der Waals surface area contributed by atoms with E-state index in [-0.39, 0.29) is 12.0 Å². The molecular formula is C15H27N3O2. The Kier molecular flexibility index (Phi) is 5.18. The third-order valence-electron chi connectivity index (χ3n) is 4.26. The van der Waals surface area contributed by atoms with Crippen LogP contribution in [0.4, 0.5) is 0 Å². The number of hydrogen-bond donors (Lipinski definition) is 2. The van der Waals surface area contributed by atoms with E-state index in [1.807, 2.05) is 11.6 Å². The van der Waals surface area contributed by atoms with Crippen molar-refractivity contribution < 1.29 is 9.84 Å². The third kappa shape index (κ3) is 3.81. The highest BCUT2D eigenvalue weighted by Crippen LogP contribution is 2.29. The number of aromatic nitrogens is 2. The normalized spacial score (nSPS) is 20.0. The minimum atomic E-state index is -0.0123. The highest BCUT2D eigenvalue weighted by Gasteiger charge is 2.32. The maximum absolute atomic E-state index is 9.68. The van der Waals surface area contributed by atoms with E-state index in [4.69, 9.17) is 4.74 Å². The van der Waals surface area contributed by atoms with Crippen molar-refractivity contribution in [1.82, 2.24) is 15.1 Å². The zero-order chi connectivity index (χ0) is 14.6. The minimum absolute atomic E-state index is 0.0123. The summed E-state index contributed by atoms with van der Waals surface area (Å²) in [7, 11) is 0. The number of aliphatic hydroxyl groups is 1. The molecule has 0 amide bonds. The van der Waals surface area contributed by atoms with Crippen LogP contribution < -0.4 is 5.32 Å². The Morgan fingerprint density at radius 2 is 2.15 bits per heavy atom. The van der Waals surface area contributed by atoms with E-state index in [9.17, 15) is 5.11 Å². The topological polar surface area (TPSA) is 59.3 Å². The molecule has 114 valence electrons. The first-order valence-electron chi connectivity index (χ1n) is 7.48. The summed E-state index contributed by atoms with van der Waals surface area (Å²) in [6.45, 7) is 9.72. The average Bonchev–Trinajstić information content (AvgIpc) is 2.76. The lowest BCUT2D eigenvalue weighted by Gasteiger charge is -2.36.